The lowest BCUT2D eigenvalue weighted by Gasteiger charge is -2.34. The van der Waals surface area contributed by atoms with Crippen molar-refractivity contribution in [2.24, 2.45) is 4.99 Å². The van der Waals surface area contributed by atoms with E-state index in [1.165, 1.54) is 24.3 Å². The summed E-state index contributed by atoms with van der Waals surface area (Å²) >= 11 is 0. The molecule has 1 amide bonds. The Kier molecular flexibility index (Phi) is 8.27. The molecule has 0 bridgehead atoms. The molecule has 2 rings (SSSR count). The predicted molar refractivity (Wildman–Crippen MR) is 115 cm³/mol. The first-order valence-corrected chi connectivity index (χ1v) is 11.2. The van der Waals surface area contributed by atoms with Crippen molar-refractivity contribution in [3.05, 3.63) is 35.5 Å². The highest BCUT2D eigenvalue weighted by molar-refractivity contribution is 7.89. The molecule has 1 heterocycles. The van der Waals surface area contributed by atoms with Gasteiger partial charge in [-0.2, -0.15) is 4.31 Å². The number of sulfonamides is 1. The SMILES string of the molecule is CCC/C=N/C(C)=C/C(=O)NC(=N)c1cc(S(=O)(=O)N2CC(O)C2)ccc1OCC. The standard InChI is InChI=1S/C20H28N4O5S/c1-4-6-9-22-14(3)10-19(26)23-20(21)17-11-16(7-8-18(17)29-5-2)30(27,28)24-12-15(25)13-24/h7-11,15,25H,4-6,12-13H2,1-3H3,(H2,21,23,26)/b14-10+,22-9+. The van der Waals surface area contributed by atoms with Crippen molar-refractivity contribution in [3.8, 4) is 5.75 Å². The van der Waals surface area contributed by atoms with Crippen LogP contribution in [-0.2, 0) is 14.8 Å². The molecule has 1 aliphatic heterocycles. The summed E-state index contributed by atoms with van der Waals surface area (Å²) in [5.41, 5.74) is 0.638. The lowest BCUT2D eigenvalue weighted by molar-refractivity contribution is -0.115. The van der Waals surface area contributed by atoms with Crippen molar-refractivity contribution in [1.29, 1.82) is 5.41 Å². The van der Waals surface area contributed by atoms with Crippen molar-refractivity contribution in [2.45, 2.75) is 44.6 Å². The van der Waals surface area contributed by atoms with Crippen molar-refractivity contribution in [1.82, 2.24) is 9.62 Å². The fraction of sp³-hybridized carbons (Fsp3) is 0.450. The second kappa shape index (κ2) is 10.5. The molecule has 3 N–H and O–H groups in total. The van der Waals surface area contributed by atoms with Gasteiger partial charge in [-0.25, -0.2) is 8.42 Å². The molecule has 0 saturated carbocycles. The maximum atomic E-state index is 12.7. The van der Waals surface area contributed by atoms with Crippen LogP contribution in [0.25, 0.3) is 0 Å². The molecule has 0 aliphatic carbocycles. The summed E-state index contributed by atoms with van der Waals surface area (Å²) in [6.07, 6.45) is 4.07. The number of nitrogens with zero attached hydrogens (tertiary/aromatic N) is 2. The average Bonchev–Trinajstić information content (AvgIpc) is 2.65. The van der Waals surface area contributed by atoms with E-state index in [2.05, 4.69) is 10.3 Å². The van der Waals surface area contributed by atoms with Gasteiger partial charge in [-0.3, -0.25) is 15.2 Å². The van der Waals surface area contributed by atoms with Crippen LogP contribution in [0.1, 0.15) is 39.2 Å². The van der Waals surface area contributed by atoms with Crippen molar-refractivity contribution in [2.75, 3.05) is 19.7 Å². The van der Waals surface area contributed by atoms with Gasteiger partial charge in [0.15, 0.2) is 0 Å². The molecule has 0 atom stereocenters. The zero-order valence-corrected chi connectivity index (χ0v) is 18.2. The molecule has 10 heteroatoms. The first-order chi connectivity index (χ1) is 14.2. The average molecular weight is 437 g/mol. The monoisotopic (exact) mass is 436 g/mol. The summed E-state index contributed by atoms with van der Waals surface area (Å²) in [5, 5.41) is 20.1. The second-order valence-electron chi connectivity index (χ2n) is 6.82. The number of hydrogen-bond donors (Lipinski definition) is 3. The van der Waals surface area contributed by atoms with Gasteiger partial charge in [-0.15, -0.1) is 0 Å². The van der Waals surface area contributed by atoms with E-state index in [9.17, 15) is 18.3 Å². The van der Waals surface area contributed by atoms with Crippen molar-refractivity contribution < 1.29 is 23.1 Å². The van der Waals surface area contributed by atoms with Gasteiger partial charge >= 0.3 is 0 Å². The number of benzene rings is 1. The Morgan fingerprint density at radius 1 is 1.40 bits per heavy atom. The van der Waals surface area contributed by atoms with Gasteiger partial charge in [0.1, 0.15) is 11.6 Å². The Labute approximate surface area is 177 Å². The van der Waals surface area contributed by atoms with Crippen LogP contribution in [0.2, 0.25) is 0 Å². The summed E-state index contributed by atoms with van der Waals surface area (Å²) < 4.78 is 32.0. The number of aliphatic hydroxyl groups is 1. The fourth-order valence-electron chi connectivity index (χ4n) is 2.70. The number of hydrogen-bond acceptors (Lipinski definition) is 7. The number of amides is 1. The first kappa shape index (κ1) is 23.7. The Morgan fingerprint density at radius 3 is 2.70 bits per heavy atom. The third kappa shape index (κ3) is 5.97. The summed E-state index contributed by atoms with van der Waals surface area (Å²) in [6, 6.07) is 4.14. The number of rotatable bonds is 9. The lowest BCUT2D eigenvalue weighted by Crippen LogP contribution is -2.53. The molecule has 164 valence electrons. The van der Waals surface area contributed by atoms with Gasteiger partial charge in [0.2, 0.25) is 10.0 Å². The highest BCUT2D eigenvalue weighted by Crippen LogP contribution is 2.27. The van der Waals surface area contributed by atoms with E-state index < -0.39 is 22.0 Å². The summed E-state index contributed by atoms with van der Waals surface area (Å²) in [7, 11) is -3.81. The normalized spacial score (nSPS) is 15.8. The minimum absolute atomic E-state index is 0.0294. The van der Waals surface area contributed by atoms with E-state index >= 15 is 0 Å². The number of ether oxygens (including phenoxy) is 1. The maximum Gasteiger partial charge on any atom is 0.251 e. The van der Waals surface area contributed by atoms with Gasteiger partial charge in [0.05, 0.1) is 23.2 Å². The van der Waals surface area contributed by atoms with Crippen LogP contribution in [-0.4, -0.2) is 61.6 Å². The zero-order chi connectivity index (χ0) is 22.3. The Morgan fingerprint density at radius 2 is 2.10 bits per heavy atom. The number of carbonyl (C=O) groups is 1. The molecule has 0 radical (unpaired) electrons. The largest absolute Gasteiger partial charge is 0.493 e. The lowest BCUT2D eigenvalue weighted by atomic mass is 10.1. The number of β-amino-alcohol motifs (C(OH)–C–C–N with tert-alkyl or cyclic N) is 1. The van der Waals surface area contributed by atoms with Crippen LogP contribution in [0, 0.1) is 5.41 Å². The quantitative estimate of drug-likeness (QED) is 0.308. The van der Waals surface area contributed by atoms with Crippen LogP contribution in [0.15, 0.2) is 39.9 Å². The minimum Gasteiger partial charge on any atom is -0.493 e. The van der Waals surface area contributed by atoms with Crippen molar-refractivity contribution >= 4 is 28.0 Å². The van der Waals surface area contributed by atoms with Crippen LogP contribution < -0.4 is 10.1 Å². The summed E-state index contributed by atoms with van der Waals surface area (Å²) in [4.78, 5) is 16.3. The number of carbonyl (C=O) groups excluding carboxylic acids is 1. The molecule has 1 aromatic rings. The van der Waals surface area contributed by atoms with Gasteiger partial charge in [0.25, 0.3) is 5.91 Å². The molecule has 1 aliphatic rings. The molecule has 0 unspecified atom stereocenters. The summed E-state index contributed by atoms with van der Waals surface area (Å²) in [5.74, 6) is -0.550. The predicted octanol–water partition coefficient (Wildman–Crippen LogP) is 1.67. The van der Waals surface area contributed by atoms with E-state index in [1.54, 1.807) is 20.1 Å². The molecule has 1 saturated heterocycles. The molecular formula is C20H28N4O5S. The van der Waals surface area contributed by atoms with E-state index in [-0.39, 0.29) is 35.1 Å². The first-order valence-electron chi connectivity index (χ1n) is 9.74. The van der Waals surface area contributed by atoms with Gasteiger partial charge in [-0.1, -0.05) is 13.3 Å². The summed E-state index contributed by atoms with van der Waals surface area (Å²) in [6.45, 7) is 5.83. The van der Waals surface area contributed by atoms with Crippen molar-refractivity contribution in [3.63, 3.8) is 0 Å². The number of unbranched alkanes of at least 4 members (excludes halogenated alkanes) is 1. The van der Waals surface area contributed by atoms with E-state index in [0.717, 1.165) is 17.1 Å². The molecule has 30 heavy (non-hydrogen) atoms. The fourth-order valence-corrected chi connectivity index (χ4v) is 4.24. The third-order valence-electron chi connectivity index (χ3n) is 4.29. The molecule has 1 fully saturated rings. The number of allylic oxidation sites excluding steroid dienone is 1. The number of nitrogens with one attached hydrogen (secondary N) is 2. The zero-order valence-electron chi connectivity index (χ0n) is 17.4. The molecule has 0 spiro atoms. The molecule has 0 aromatic heterocycles. The number of aliphatic hydroxyl groups excluding tert-OH is 1. The Balaban J connectivity index is 2.24. The van der Waals surface area contributed by atoms with E-state index in [0.29, 0.717) is 12.3 Å². The van der Waals surface area contributed by atoms with Gasteiger partial charge < -0.3 is 15.2 Å². The minimum atomic E-state index is -3.81. The van der Waals surface area contributed by atoms with Gasteiger partial charge in [0, 0.05) is 31.1 Å². The van der Waals surface area contributed by atoms with E-state index in [4.69, 9.17) is 10.1 Å². The molecule has 1 aromatic carbocycles. The van der Waals surface area contributed by atoms with Crippen LogP contribution in [0.3, 0.4) is 0 Å². The second-order valence-corrected chi connectivity index (χ2v) is 8.76. The number of amidine groups is 1. The maximum absolute atomic E-state index is 12.7. The highest BCUT2D eigenvalue weighted by Gasteiger charge is 2.36. The Hall–Kier alpha value is -2.56. The number of aliphatic imine (C=N–C) groups is 1. The highest BCUT2D eigenvalue weighted by atomic mass is 32.2. The van der Waals surface area contributed by atoms with Crippen LogP contribution >= 0.6 is 0 Å². The third-order valence-corrected chi connectivity index (χ3v) is 6.12. The Bertz CT molecular complexity index is 950. The molecule has 9 nitrogen and oxygen atoms in total. The smallest absolute Gasteiger partial charge is 0.251 e. The van der Waals surface area contributed by atoms with Crippen LogP contribution in [0.5, 0.6) is 5.75 Å². The van der Waals surface area contributed by atoms with E-state index in [1.807, 2.05) is 6.92 Å². The topological polar surface area (TPSA) is 132 Å². The van der Waals surface area contributed by atoms with Gasteiger partial charge in [-0.05, 0) is 38.5 Å². The van der Waals surface area contributed by atoms with Crippen LogP contribution in [0.4, 0.5) is 0 Å². The molecular weight excluding hydrogens is 408 g/mol.